The van der Waals surface area contributed by atoms with Crippen LogP contribution in [0.15, 0.2) is 41.3 Å². The Morgan fingerprint density at radius 1 is 1.10 bits per heavy atom. The molecule has 0 saturated heterocycles. The van der Waals surface area contributed by atoms with E-state index in [9.17, 15) is 8.42 Å². The minimum atomic E-state index is -3.76. The van der Waals surface area contributed by atoms with E-state index in [1.807, 2.05) is 25.1 Å². The molecular weight excluding hydrogens is 290 g/mol. The predicted octanol–water partition coefficient (Wildman–Crippen LogP) is 1.98. The third kappa shape index (κ3) is 3.45. The number of benzene rings is 2. The van der Waals surface area contributed by atoms with E-state index in [1.54, 1.807) is 13.2 Å². The number of methoxy groups -OCH3 is 1. The summed E-state index contributed by atoms with van der Waals surface area (Å²) < 4.78 is 27.7. The van der Waals surface area contributed by atoms with Gasteiger partial charge in [-0.05, 0) is 48.9 Å². The highest BCUT2D eigenvalue weighted by atomic mass is 32.2. The second-order valence-corrected chi connectivity index (χ2v) is 6.16. The van der Waals surface area contributed by atoms with Gasteiger partial charge in [0.2, 0.25) is 10.0 Å². The lowest BCUT2D eigenvalue weighted by atomic mass is 10.1. The maximum absolute atomic E-state index is 11.3. The van der Waals surface area contributed by atoms with Crippen molar-refractivity contribution < 1.29 is 13.2 Å². The number of hydrogen-bond acceptors (Lipinski definition) is 5. The first-order valence-electron chi connectivity index (χ1n) is 6.15. The van der Waals surface area contributed by atoms with E-state index in [0.29, 0.717) is 11.4 Å². The molecule has 7 heteroatoms. The number of hydrogen-bond donors (Lipinski definition) is 3. The minimum absolute atomic E-state index is 0.0167. The standard InChI is InChI=1S/C14H17N3O3S/c1-9-7-10(20-2)3-5-13(9)17-14-6-4-11(8-12(14)15)21(16,18)19/h3-8,17H,15H2,1-2H3,(H2,16,18,19). The van der Waals surface area contributed by atoms with Crippen molar-refractivity contribution in [3.8, 4) is 5.75 Å². The largest absolute Gasteiger partial charge is 0.497 e. The van der Waals surface area contributed by atoms with Crippen LogP contribution in [0, 0.1) is 6.92 Å². The molecule has 0 radical (unpaired) electrons. The van der Waals surface area contributed by atoms with Crippen LogP contribution in [0.4, 0.5) is 17.1 Å². The molecule has 2 aromatic carbocycles. The molecule has 6 nitrogen and oxygen atoms in total. The fourth-order valence-electron chi connectivity index (χ4n) is 1.88. The lowest BCUT2D eigenvalue weighted by Crippen LogP contribution is -2.12. The number of rotatable bonds is 4. The van der Waals surface area contributed by atoms with Crippen molar-refractivity contribution >= 4 is 27.1 Å². The number of sulfonamides is 1. The second-order valence-electron chi connectivity index (χ2n) is 4.60. The molecule has 0 amide bonds. The third-order valence-corrected chi connectivity index (χ3v) is 3.97. The topological polar surface area (TPSA) is 107 Å². The van der Waals surface area contributed by atoms with Gasteiger partial charge in [0.25, 0.3) is 0 Å². The van der Waals surface area contributed by atoms with E-state index in [0.717, 1.165) is 17.0 Å². The van der Waals surface area contributed by atoms with E-state index >= 15 is 0 Å². The molecule has 5 N–H and O–H groups in total. The van der Waals surface area contributed by atoms with Crippen molar-refractivity contribution in [1.29, 1.82) is 0 Å². The lowest BCUT2D eigenvalue weighted by molar-refractivity contribution is 0.414. The number of ether oxygens (including phenoxy) is 1. The summed E-state index contributed by atoms with van der Waals surface area (Å²) in [6.45, 7) is 1.93. The summed E-state index contributed by atoms with van der Waals surface area (Å²) in [6.07, 6.45) is 0. The van der Waals surface area contributed by atoms with E-state index in [1.165, 1.54) is 12.1 Å². The average Bonchev–Trinajstić information content (AvgIpc) is 2.41. The second kappa shape index (κ2) is 5.63. The normalized spacial score (nSPS) is 11.2. The number of nitrogens with one attached hydrogen (secondary N) is 1. The quantitative estimate of drug-likeness (QED) is 0.749. The number of nitrogen functional groups attached to an aromatic ring is 1. The molecule has 0 heterocycles. The Balaban J connectivity index is 2.32. The van der Waals surface area contributed by atoms with Crippen LogP contribution in [0.25, 0.3) is 0 Å². The van der Waals surface area contributed by atoms with Crippen LogP contribution in [0.1, 0.15) is 5.56 Å². The van der Waals surface area contributed by atoms with E-state index < -0.39 is 10.0 Å². The minimum Gasteiger partial charge on any atom is -0.497 e. The van der Waals surface area contributed by atoms with Crippen molar-refractivity contribution in [2.75, 3.05) is 18.2 Å². The Kier molecular flexibility index (Phi) is 4.06. The van der Waals surface area contributed by atoms with Crippen molar-refractivity contribution in [1.82, 2.24) is 0 Å². The molecule has 0 aliphatic rings. The first kappa shape index (κ1) is 15.1. The predicted molar refractivity (Wildman–Crippen MR) is 83.2 cm³/mol. The van der Waals surface area contributed by atoms with Gasteiger partial charge in [0.05, 0.1) is 23.4 Å². The number of aryl methyl sites for hydroxylation is 1. The Morgan fingerprint density at radius 3 is 2.29 bits per heavy atom. The Bertz CT molecular complexity index is 773. The molecule has 2 aromatic rings. The zero-order chi connectivity index (χ0) is 15.6. The van der Waals surface area contributed by atoms with Gasteiger partial charge in [-0.1, -0.05) is 0 Å². The summed E-state index contributed by atoms with van der Waals surface area (Å²) in [5, 5.41) is 8.22. The molecule has 0 aliphatic heterocycles. The van der Waals surface area contributed by atoms with Crippen LogP contribution in [0.3, 0.4) is 0 Å². The number of anilines is 3. The molecule has 0 aliphatic carbocycles. The molecule has 0 aromatic heterocycles. The highest BCUT2D eigenvalue weighted by Gasteiger charge is 2.10. The van der Waals surface area contributed by atoms with Crippen LogP contribution in [-0.4, -0.2) is 15.5 Å². The van der Waals surface area contributed by atoms with E-state index in [4.69, 9.17) is 15.6 Å². The summed E-state index contributed by atoms with van der Waals surface area (Å²) in [4.78, 5) is -0.0167. The highest BCUT2D eigenvalue weighted by Crippen LogP contribution is 2.28. The number of nitrogens with two attached hydrogens (primary N) is 2. The van der Waals surface area contributed by atoms with E-state index in [2.05, 4.69) is 5.32 Å². The molecule has 0 atom stereocenters. The SMILES string of the molecule is COc1ccc(Nc2ccc(S(N)(=O)=O)cc2N)c(C)c1. The molecule has 0 saturated carbocycles. The first-order valence-corrected chi connectivity index (χ1v) is 7.70. The van der Waals surface area contributed by atoms with Gasteiger partial charge < -0.3 is 15.8 Å². The summed E-state index contributed by atoms with van der Waals surface area (Å²) in [5.41, 5.74) is 8.60. The molecular formula is C14H17N3O3S. The average molecular weight is 307 g/mol. The summed E-state index contributed by atoms with van der Waals surface area (Å²) in [7, 11) is -2.15. The van der Waals surface area contributed by atoms with Crippen LogP contribution in [0.2, 0.25) is 0 Å². The smallest absolute Gasteiger partial charge is 0.238 e. The number of primary sulfonamides is 1. The molecule has 0 unspecified atom stereocenters. The molecule has 21 heavy (non-hydrogen) atoms. The molecule has 2 rings (SSSR count). The molecule has 0 fully saturated rings. The van der Waals surface area contributed by atoms with Gasteiger partial charge in [0, 0.05) is 5.69 Å². The van der Waals surface area contributed by atoms with Crippen LogP contribution >= 0.6 is 0 Å². The van der Waals surface area contributed by atoms with E-state index in [-0.39, 0.29) is 4.90 Å². The van der Waals surface area contributed by atoms with Crippen molar-refractivity contribution in [3.63, 3.8) is 0 Å². The van der Waals surface area contributed by atoms with Gasteiger partial charge in [-0.15, -0.1) is 0 Å². The fourth-order valence-corrected chi connectivity index (χ4v) is 2.43. The molecule has 0 bridgehead atoms. The maximum atomic E-state index is 11.3. The molecule has 0 spiro atoms. The Hall–Kier alpha value is -2.25. The van der Waals surface area contributed by atoms with Gasteiger partial charge in [0.15, 0.2) is 0 Å². The van der Waals surface area contributed by atoms with Crippen LogP contribution in [-0.2, 0) is 10.0 Å². The van der Waals surface area contributed by atoms with Gasteiger partial charge in [0.1, 0.15) is 5.75 Å². The van der Waals surface area contributed by atoms with Crippen LogP contribution in [0.5, 0.6) is 5.75 Å². The van der Waals surface area contributed by atoms with Gasteiger partial charge in [-0.25, -0.2) is 13.6 Å². The summed E-state index contributed by atoms with van der Waals surface area (Å²) in [6, 6.07) is 9.89. The third-order valence-electron chi connectivity index (χ3n) is 3.05. The monoisotopic (exact) mass is 307 g/mol. The zero-order valence-electron chi connectivity index (χ0n) is 11.8. The lowest BCUT2D eigenvalue weighted by Gasteiger charge is -2.13. The van der Waals surface area contributed by atoms with Gasteiger partial charge in [-0.2, -0.15) is 0 Å². The Morgan fingerprint density at radius 2 is 1.76 bits per heavy atom. The maximum Gasteiger partial charge on any atom is 0.238 e. The van der Waals surface area contributed by atoms with Gasteiger partial charge >= 0.3 is 0 Å². The van der Waals surface area contributed by atoms with Crippen LogP contribution < -0.4 is 20.9 Å². The highest BCUT2D eigenvalue weighted by molar-refractivity contribution is 7.89. The summed E-state index contributed by atoms with van der Waals surface area (Å²) >= 11 is 0. The zero-order valence-corrected chi connectivity index (χ0v) is 12.6. The van der Waals surface area contributed by atoms with Crippen molar-refractivity contribution in [2.24, 2.45) is 5.14 Å². The van der Waals surface area contributed by atoms with Gasteiger partial charge in [-0.3, -0.25) is 0 Å². The Labute approximate surface area is 123 Å². The van der Waals surface area contributed by atoms with Crippen molar-refractivity contribution in [2.45, 2.75) is 11.8 Å². The van der Waals surface area contributed by atoms with Crippen molar-refractivity contribution in [3.05, 3.63) is 42.0 Å². The first-order chi connectivity index (χ1) is 9.81. The molecule has 112 valence electrons. The summed E-state index contributed by atoms with van der Waals surface area (Å²) in [5.74, 6) is 0.760. The fraction of sp³-hybridized carbons (Fsp3) is 0.143.